The molecule has 84 valence electrons. The van der Waals surface area contributed by atoms with E-state index in [0.29, 0.717) is 6.04 Å². The lowest BCUT2D eigenvalue weighted by atomic mass is 9.93. The van der Waals surface area contributed by atoms with Crippen LogP contribution in [0.15, 0.2) is 0 Å². The standard InChI is InChI=1S/C12H20N2S/c1-8(2)13-7-12-14-10-5-4-9(3)6-11(10)15-12/h8-9,13H,4-7H2,1-3H3. The molecule has 15 heavy (non-hydrogen) atoms. The Morgan fingerprint density at radius 2 is 2.33 bits per heavy atom. The van der Waals surface area contributed by atoms with Crippen molar-refractivity contribution in [2.24, 2.45) is 5.92 Å². The second kappa shape index (κ2) is 4.62. The normalized spacial score (nSPS) is 20.7. The van der Waals surface area contributed by atoms with Gasteiger partial charge in [0.1, 0.15) is 5.01 Å². The molecule has 0 aromatic carbocycles. The van der Waals surface area contributed by atoms with Gasteiger partial charge in [0, 0.05) is 17.5 Å². The van der Waals surface area contributed by atoms with Crippen molar-refractivity contribution in [1.29, 1.82) is 0 Å². The molecule has 3 heteroatoms. The Morgan fingerprint density at radius 1 is 1.53 bits per heavy atom. The number of hydrogen-bond donors (Lipinski definition) is 1. The van der Waals surface area contributed by atoms with E-state index in [9.17, 15) is 0 Å². The fourth-order valence-corrected chi connectivity index (χ4v) is 3.19. The number of nitrogens with one attached hydrogen (secondary N) is 1. The van der Waals surface area contributed by atoms with Gasteiger partial charge in [-0.3, -0.25) is 0 Å². The Hall–Kier alpha value is -0.410. The molecule has 0 radical (unpaired) electrons. The molecule has 0 aliphatic heterocycles. The summed E-state index contributed by atoms with van der Waals surface area (Å²) in [5, 5.41) is 4.70. The molecule has 0 spiro atoms. The number of rotatable bonds is 3. The predicted octanol–water partition coefficient (Wildman–Crippen LogP) is 2.77. The molecule has 0 fully saturated rings. The van der Waals surface area contributed by atoms with Gasteiger partial charge in [-0.05, 0) is 25.2 Å². The number of fused-ring (bicyclic) bond motifs is 1. The monoisotopic (exact) mass is 224 g/mol. The maximum Gasteiger partial charge on any atom is 0.107 e. The van der Waals surface area contributed by atoms with Gasteiger partial charge < -0.3 is 5.32 Å². The highest BCUT2D eigenvalue weighted by atomic mass is 32.1. The molecule has 1 atom stereocenters. The molecule has 0 saturated heterocycles. The highest BCUT2D eigenvalue weighted by Gasteiger charge is 2.19. The number of nitrogens with zero attached hydrogens (tertiary/aromatic N) is 1. The minimum atomic E-state index is 0.546. The first-order valence-corrected chi connectivity index (χ1v) is 6.67. The average Bonchev–Trinajstić information content (AvgIpc) is 2.56. The van der Waals surface area contributed by atoms with Crippen molar-refractivity contribution in [3.63, 3.8) is 0 Å². The van der Waals surface area contributed by atoms with Crippen molar-refractivity contribution in [3.05, 3.63) is 15.6 Å². The molecule has 1 heterocycles. The summed E-state index contributed by atoms with van der Waals surface area (Å²) in [6.45, 7) is 7.63. The molecule has 1 aromatic heterocycles. The first-order valence-electron chi connectivity index (χ1n) is 5.86. The van der Waals surface area contributed by atoms with E-state index in [1.165, 1.54) is 34.8 Å². The number of thiazole rings is 1. The van der Waals surface area contributed by atoms with E-state index in [4.69, 9.17) is 4.98 Å². The summed E-state index contributed by atoms with van der Waals surface area (Å²) in [4.78, 5) is 6.25. The van der Waals surface area contributed by atoms with E-state index in [0.717, 1.165) is 12.5 Å². The highest BCUT2D eigenvalue weighted by molar-refractivity contribution is 7.11. The van der Waals surface area contributed by atoms with Crippen LogP contribution in [0.2, 0.25) is 0 Å². The quantitative estimate of drug-likeness (QED) is 0.854. The van der Waals surface area contributed by atoms with Gasteiger partial charge in [0.15, 0.2) is 0 Å². The van der Waals surface area contributed by atoms with Crippen LogP contribution >= 0.6 is 11.3 Å². The van der Waals surface area contributed by atoms with E-state index < -0.39 is 0 Å². The summed E-state index contributed by atoms with van der Waals surface area (Å²) in [7, 11) is 0. The maximum atomic E-state index is 4.71. The first-order chi connectivity index (χ1) is 7.15. The fraction of sp³-hybridized carbons (Fsp3) is 0.750. The lowest BCUT2D eigenvalue weighted by Gasteiger charge is -2.15. The van der Waals surface area contributed by atoms with Crippen LogP contribution in [-0.2, 0) is 19.4 Å². The molecule has 2 rings (SSSR count). The molecule has 2 nitrogen and oxygen atoms in total. The molecule has 0 bridgehead atoms. The van der Waals surface area contributed by atoms with Crippen LogP contribution < -0.4 is 5.32 Å². The van der Waals surface area contributed by atoms with Crippen LogP contribution in [0, 0.1) is 5.92 Å². The van der Waals surface area contributed by atoms with Crippen LogP contribution in [0.1, 0.15) is 42.8 Å². The van der Waals surface area contributed by atoms with Crippen LogP contribution in [0.4, 0.5) is 0 Å². The Balaban J connectivity index is 2.03. The van der Waals surface area contributed by atoms with Gasteiger partial charge in [-0.2, -0.15) is 0 Å². The second-order valence-corrected chi connectivity index (χ2v) is 6.03. The summed E-state index contributed by atoms with van der Waals surface area (Å²) in [6, 6.07) is 0.546. The molecule has 0 saturated carbocycles. The topological polar surface area (TPSA) is 24.9 Å². The molecule has 1 aliphatic rings. The van der Waals surface area contributed by atoms with Crippen LogP contribution in [0.3, 0.4) is 0 Å². The number of aryl methyl sites for hydroxylation is 1. The van der Waals surface area contributed by atoms with Gasteiger partial charge >= 0.3 is 0 Å². The minimum absolute atomic E-state index is 0.546. The molecule has 1 aromatic rings. The molecule has 1 unspecified atom stereocenters. The van der Waals surface area contributed by atoms with E-state index in [-0.39, 0.29) is 0 Å². The molecule has 0 amide bonds. The lowest BCUT2D eigenvalue weighted by Crippen LogP contribution is -2.21. The highest BCUT2D eigenvalue weighted by Crippen LogP contribution is 2.29. The largest absolute Gasteiger partial charge is 0.308 e. The SMILES string of the molecule is CC1CCc2nc(CNC(C)C)sc2C1. The third-order valence-corrected chi connectivity index (χ3v) is 4.01. The first kappa shape index (κ1) is 11.1. The van der Waals surface area contributed by atoms with Crippen molar-refractivity contribution >= 4 is 11.3 Å². The Morgan fingerprint density at radius 3 is 3.07 bits per heavy atom. The van der Waals surface area contributed by atoms with E-state index in [2.05, 4.69) is 26.1 Å². The van der Waals surface area contributed by atoms with Gasteiger partial charge in [0.05, 0.1) is 5.69 Å². The summed E-state index contributed by atoms with van der Waals surface area (Å²) in [5.74, 6) is 0.851. The predicted molar refractivity (Wildman–Crippen MR) is 65.3 cm³/mol. The van der Waals surface area contributed by atoms with E-state index in [1.807, 2.05) is 11.3 Å². The zero-order valence-corrected chi connectivity index (χ0v) is 10.7. The van der Waals surface area contributed by atoms with Gasteiger partial charge in [-0.25, -0.2) is 4.98 Å². The summed E-state index contributed by atoms with van der Waals surface area (Å²) in [6.07, 6.45) is 3.75. The van der Waals surface area contributed by atoms with Gasteiger partial charge in [0.25, 0.3) is 0 Å². The zero-order valence-electron chi connectivity index (χ0n) is 9.84. The minimum Gasteiger partial charge on any atom is -0.308 e. The van der Waals surface area contributed by atoms with Gasteiger partial charge in [0.2, 0.25) is 0 Å². The van der Waals surface area contributed by atoms with Gasteiger partial charge in [-0.1, -0.05) is 20.8 Å². The molecular formula is C12H20N2S. The van der Waals surface area contributed by atoms with Crippen molar-refractivity contribution in [2.45, 2.75) is 52.6 Å². The van der Waals surface area contributed by atoms with E-state index in [1.54, 1.807) is 0 Å². The molecular weight excluding hydrogens is 204 g/mol. The molecule has 1 N–H and O–H groups in total. The van der Waals surface area contributed by atoms with Crippen molar-refractivity contribution in [2.75, 3.05) is 0 Å². The number of aromatic nitrogens is 1. The summed E-state index contributed by atoms with van der Waals surface area (Å²) < 4.78 is 0. The van der Waals surface area contributed by atoms with Crippen molar-refractivity contribution in [1.82, 2.24) is 10.3 Å². The smallest absolute Gasteiger partial charge is 0.107 e. The fourth-order valence-electron chi connectivity index (χ4n) is 1.96. The van der Waals surface area contributed by atoms with Crippen LogP contribution in [0.5, 0.6) is 0 Å². The Kier molecular flexibility index (Phi) is 3.42. The Bertz CT molecular complexity index is 330. The van der Waals surface area contributed by atoms with E-state index >= 15 is 0 Å². The summed E-state index contributed by atoms with van der Waals surface area (Å²) >= 11 is 1.91. The zero-order chi connectivity index (χ0) is 10.8. The van der Waals surface area contributed by atoms with Crippen molar-refractivity contribution in [3.8, 4) is 0 Å². The van der Waals surface area contributed by atoms with Crippen LogP contribution in [-0.4, -0.2) is 11.0 Å². The number of hydrogen-bond acceptors (Lipinski definition) is 3. The summed E-state index contributed by atoms with van der Waals surface area (Å²) in [5.41, 5.74) is 1.37. The third kappa shape index (κ3) is 2.79. The van der Waals surface area contributed by atoms with Crippen LogP contribution in [0.25, 0.3) is 0 Å². The van der Waals surface area contributed by atoms with Gasteiger partial charge in [-0.15, -0.1) is 11.3 Å². The molecule has 1 aliphatic carbocycles. The van der Waals surface area contributed by atoms with Crippen molar-refractivity contribution < 1.29 is 0 Å². The Labute approximate surface area is 96.1 Å². The maximum absolute atomic E-state index is 4.71. The lowest BCUT2D eigenvalue weighted by molar-refractivity contribution is 0.501. The third-order valence-electron chi connectivity index (χ3n) is 2.89. The average molecular weight is 224 g/mol. The second-order valence-electron chi connectivity index (χ2n) is 4.86.